The van der Waals surface area contributed by atoms with Crippen molar-refractivity contribution in [3.05, 3.63) is 53.4 Å². The van der Waals surface area contributed by atoms with Crippen LogP contribution in [0.25, 0.3) is 5.57 Å². The fraction of sp³-hybridized carbons (Fsp3) is 0.231. The first-order valence-electron chi connectivity index (χ1n) is 4.88. The summed E-state index contributed by atoms with van der Waals surface area (Å²) in [4.78, 5) is 0. The van der Waals surface area contributed by atoms with Gasteiger partial charge in [-0.1, -0.05) is 29.9 Å². The third-order valence-corrected chi connectivity index (χ3v) is 2.57. The van der Waals surface area contributed by atoms with Crippen LogP contribution in [-0.4, -0.2) is 0 Å². The molecule has 0 nitrogen and oxygen atoms in total. The second-order valence-corrected chi connectivity index (χ2v) is 3.71. The highest BCUT2D eigenvalue weighted by molar-refractivity contribution is 5.68. The summed E-state index contributed by atoms with van der Waals surface area (Å²) in [5.74, 6) is -0.170. The number of rotatable bonds is 1. The van der Waals surface area contributed by atoms with E-state index in [0.717, 1.165) is 18.4 Å². The van der Waals surface area contributed by atoms with E-state index in [0.29, 0.717) is 0 Å². The van der Waals surface area contributed by atoms with Crippen LogP contribution in [0.15, 0.2) is 42.0 Å². The third kappa shape index (κ3) is 1.92. The Morgan fingerprint density at radius 1 is 1.00 bits per heavy atom. The van der Waals surface area contributed by atoms with Crippen molar-refractivity contribution < 1.29 is 4.39 Å². The highest BCUT2D eigenvalue weighted by atomic mass is 19.1. The van der Waals surface area contributed by atoms with Gasteiger partial charge in [-0.25, -0.2) is 4.39 Å². The molecule has 0 saturated heterocycles. The van der Waals surface area contributed by atoms with Gasteiger partial charge in [0, 0.05) is 0 Å². The lowest BCUT2D eigenvalue weighted by Gasteiger charge is -2.11. The molecule has 14 heavy (non-hydrogen) atoms. The van der Waals surface area contributed by atoms with Crippen LogP contribution >= 0.6 is 0 Å². The first-order valence-corrected chi connectivity index (χ1v) is 4.88. The van der Waals surface area contributed by atoms with E-state index in [9.17, 15) is 4.39 Å². The molecule has 0 fully saturated rings. The molecule has 0 amide bonds. The number of hydrogen-bond acceptors (Lipinski definition) is 0. The van der Waals surface area contributed by atoms with Crippen molar-refractivity contribution in [3.63, 3.8) is 0 Å². The molecule has 1 aliphatic carbocycles. The molecule has 0 N–H and O–H groups in total. The SMILES string of the molecule is CC1=CC=C(c2ccc(F)cc2)CC1. The van der Waals surface area contributed by atoms with Crippen LogP contribution in [0.4, 0.5) is 4.39 Å². The van der Waals surface area contributed by atoms with E-state index in [-0.39, 0.29) is 5.82 Å². The van der Waals surface area contributed by atoms with Crippen LogP contribution in [-0.2, 0) is 0 Å². The van der Waals surface area contributed by atoms with Crippen LogP contribution in [0.3, 0.4) is 0 Å². The van der Waals surface area contributed by atoms with Crippen LogP contribution in [0.1, 0.15) is 25.3 Å². The molecule has 1 aliphatic rings. The zero-order valence-corrected chi connectivity index (χ0v) is 8.26. The number of hydrogen-bond donors (Lipinski definition) is 0. The summed E-state index contributed by atoms with van der Waals surface area (Å²) in [5, 5.41) is 0. The van der Waals surface area contributed by atoms with Gasteiger partial charge in [-0.15, -0.1) is 0 Å². The number of benzene rings is 1. The zero-order valence-electron chi connectivity index (χ0n) is 8.26. The number of halogens is 1. The van der Waals surface area contributed by atoms with Crippen molar-refractivity contribution in [2.45, 2.75) is 19.8 Å². The van der Waals surface area contributed by atoms with E-state index in [1.54, 1.807) is 0 Å². The van der Waals surface area contributed by atoms with E-state index in [2.05, 4.69) is 19.1 Å². The minimum atomic E-state index is -0.170. The van der Waals surface area contributed by atoms with Crippen LogP contribution in [0.2, 0.25) is 0 Å². The summed E-state index contributed by atoms with van der Waals surface area (Å²) < 4.78 is 12.7. The summed E-state index contributed by atoms with van der Waals surface area (Å²) in [6.07, 6.45) is 6.45. The lowest BCUT2D eigenvalue weighted by molar-refractivity contribution is 0.627. The second kappa shape index (κ2) is 3.79. The van der Waals surface area contributed by atoms with Gasteiger partial charge in [-0.3, -0.25) is 0 Å². The van der Waals surface area contributed by atoms with Crippen molar-refractivity contribution in [1.82, 2.24) is 0 Å². The van der Waals surface area contributed by atoms with E-state index in [1.165, 1.54) is 23.3 Å². The van der Waals surface area contributed by atoms with Crippen LogP contribution < -0.4 is 0 Å². The molecule has 0 unspecified atom stereocenters. The topological polar surface area (TPSA) is 0 Å². The van der Waals surface area contributed by atoms with Crippen LogP contribution in [0.5, 0.6) is 0 Å². The van der Waals surface area contributed by atoms with Gasteiger partial charge < -0.3 is 0 Å². The molecule has 1 aromatic rings. The first-order chi connectivity index (χ1) is 6.75. The summed E-state index contributed by atoms with van der Waals surface area (Å²) in [6.45, 7) is 2.14. The molecule has 0 atom stereocenters. The van der Waals surface area contributed by atoms with E-state index < -0.39 is 0 Å². The van der Waals surface area contributed by atoms with Gasteiger partial charge in [0.05, 0.1) is 0 Å². The molecule has 0 radical (unpaired) electrons. The molecule has 1 aromatic carbocycles. The maximum absolute atomic E-state index is 12.7. The van der Waals surface area contributed by atoms with Crippen molar-refractivity contribution in [3.8, 4) is 0 Å². The van der Waals surface area contributed by atoms with E-state index in [1.807, 2.05) is 12.1 Å². The molecule has 1 heteroatoms. The summed E-state index contributed by atoms with van der Waals surface area (Å²) in [5.41, 5.74) is 3.85. The molecule has 2 rings (SSSR count). The van der Waals surface area contributed by atoms with Gasteiger partial charge in [-0.05, 0) is 43.0 Å². The van der Waals surface area contributed by atoms with Gasteiger partial charge in [0.25, 0.3) is 0 Å². The van der Waals surface area contributed by atoms with Crippen molar-refractivity contribution in [2.24, 2.45) is 0 Å². The van der Waals surface area contributed by atoms with Crippen molar-refractivity contribution >= 4 is 5.57 Å². The highest BCUT2D eigenvalue weighted by Gasteiger charge is 2.05. The van der Waals surface area contributed by atoms with Crippen molar-refractivity contribution in [1.29, 1.82) is 0 Å². The second-order valence-electron chi connectivity index (χ2n) is 3.71. The molecule has 0 bridgehead atoms. The highest BCUT2D eigenvalue weighted by Crippen LogP contribution is 2.26. The van der Waals surface area contributed by atoms with Gasteiger partial charge >= 0.3 is 0 Å². The fourth-order valence-corrected chi connectivity index (χ4v) is 1.65. The molecule has 0 heterocycles. The molecule has 72 valence electrons. The smallest absolute Gasteiger partial charge is 0.123 e. The Morgan fingerprint density at radius 2 is 1.71 bits per heavy atom. The lowest BCUT2D eigenvalue weighted by Crippen LogP contribution is -1.91. The Bertz CT molecular complexity index is 382. The van der Waals surface area contributed by atoms with E-state index >= 15 is 0 Å². The largest absolute Gasteiger partial charge is 0.207 e. The Morgan fingerprint density at radius 3 is 2.29 bits per heavy atom. The zero-order chi connectivity index (χ0) is 9.97. The summed E-state index contributed by atoms with van der Waals surface area (Å²) in [7, 11) is 0. The molecule has 0 spiro atoms. The molecule has 0 aliphatic heterocycles. The number of allylic oxidation sites excluding steroid dienone is 4. The Kier molecular flexibility index (Phi) is 2.49. The monoisotopic (exact) mass is 188 g/mol. The fourth-order valence-electron chi connectivity index (χ4n) is 1.65. The molecule has 0 aromatic heterocycles. The lowest BCUT2D eigenvalue weighted by atomic mass is 9.94. The molecular weight excluding hydrogens is 175 g/mol. The Balaban J connectivity index is 2.28. The normalized spacial score (nSPS) is 16.1. The predicted molar refractivity (Wildman–Crippen MR) is 57.4 cm³/mol. The first kappa shape index (κ1) is 9.20. The van der Waals surface area contributed by atoms with Crippen molar-refractivity contribution in [2.75, 3.05) is 0 Å². The van der Waals surface area contributed by atoms with E-state index in [4.69, 9.17) is 0 Å². The Hall–Kier alpha value is -1.37. The maximum atomic E-state index is 12.7. The average molecular weight is 188 g/mol. The summed E-state index contributed by atoms with van der Waals surface area (Å²) >= 11 is 0. The van der Waals surface area contributed by atoms with Gasteiger partial charge in [-0.2, -0.15) is 0 Å². The van der Waals surface area contributed by atoms with Gasteiger partial charge in [0.2, 0.25) is 0 Å². The maximum Gasteiger partial charge on any atom is 0.123 e. The average Bonchev–Trinajstić information content (AvgIpc) is 2.21. The van der Waals surface area contributed by atoms with Gasteiger partial charge in [0.15, 0.2) is 0 Å². The Labute approximate surface area is 83.8 Å². The molecule has 0 saturated carbocycles. The molecular formula is C13H13F. The van der Waals surface area contributed by atoms with Crippen LogP contribution in [0, 0.1) is 5.82 Å². The third-order valence-electron chi connectivity index (χ3n) is 2.57. The predicted octanol–water partition coefficient (Wildman–Crippen LogP) is 3.95. The minimum absolute atomic E-state index is 0.170. The van der Waals surface area contributed by atoms with Gasteiger partial charge in [0.1, 0.15) is 5.82 Å². The standard InChI is InChI=1S/C13H13F/c1-10-2-4-11(5-3-10)12-6-8-13(14)9-7-12/h2,4,6-9H,3,5H2,1H3. The summed E-state index contributed by atoms with van der Waals surface area (Å²) in [6, 6.07) is 6.72. The quantitative estimate of drug-likeness (QED) is 0.626. The minimum Gasteiger partial charge on any atom is -0.207 e.